The van der Waals surface area contributed by atoms with Crippen LogP contribution in [0.5, 0.6) is 0 Å². The van der Waals surface area contributed by atoms with Crippen LogP contribution in [0.25, 0.3) is 0 Å². The van der Waals surface area contributed by atoms with E-state index in [1.165, 1.54) is 4.90 Å². The van der Waals surface area contributed by atoms with E-state index in [-0.39, 0.29) is 29.4 Å². The monoisotopic (exact) mass is 445 g/mol. The summed E-state index contributed by atoms with van der Waals surface area (Å²) in [4.78, 5) is 40.9. The minimum absolute atomic E-state index is 0.0941. The minimum atomic E-state index is -0.827. The average Bonchev–Trinajstić information content (AvgIpc) is 3.48. The lowest BCUT2D eigenvalue weighted by atomic mass is 9.91. The fraction of sp³-hybridized carbons (Fsp3) is 0.640. The number of Topliss-reactive ketones (excluding diaryl/α,β-unsaturated/α-hetero) is 1. The van der Waals surface area contributed by atoms with Crippen LogP contribution in [0.2, 0.25) is 0 Å². The SMILES string of the molecule is CC(C)C[C@H](N)C(=O)N[C@@H](Cc1ccccc1)C(=O)N(C)[C@@H](CC(C)C)C(=O)[C@@]1(C)CO1. The van der Waals surface area contributed by atoms with Crippen LogP contribution < -0.4 is 11.1 Å². The Labute approximate surface area is 192 Å². The van der Waals surface area contributed by atoms with E-state index in [0.29, 0.717) is 25.9 Å². The van der Waals surface area contributed by atoms with Gasteiger partial charge in [-0.2, -0.15) is 0 Å². The summed E-state index contributed by atoms with van der Waals surface area (Å²) in [6.45, 7) is 10.2. The molecule has 7 heteroatoms. The van der Waals surface area contributed by atoms with Gasteiger partial charge in [-0.05, 0) is 37.2 Å². The zero-order valence-corrected chi connectivity index (χ0v) is 20.3. The maximum atomic E-state index is 13.6. The third-order valence-electron chi connectivity index (χ3n) is 5.87. The largest absolute Gasteiger partial charge is 0.361 e. The first-order valence-electron chi connectivity index (χ1n) is 11.5. The molecule has 2 amide bonds. The molecule has 0 aromatic heterocycles. The van der Waals surface area contributed by atoms with Crippen LogP contribution >= 0.6 is 0 Å². The molecule has 1 aliphatic rings. The summed E-state index contributed by atoms with van der Waals surface area (Å²) in [7, 11) is 1.64. The van der Waals surface area contributed by atoms with Gasteiger partial charge in [-0.25, -0.2) is 0 Å². The number of hydrogen-bond donors (Lipinski definition) is 2. The average molecular weight is 446 g/mol. The lowest BCUT2D eigenvalue weighted by Gasteiger charge is -2.33. The second-order valence-corrected chi connectivity index (χ2v) is 9.97. The quantitative estimate of drug-likeness (QED) is 0.481. The van der Waals surface area contributed by atoms with Gasteiger partial charge >= 0.3 is 0 Å². The molecular formula is C25H39N3O4. The van der Waals surface area contributed by atoms with Gasteiger partial charge in [0, 0.05) is 13.5 Å². The fourth-order valence-corrected chi connectivity index (χ4v) is 3.83. The van der Waals surface area contributed by atoms with Crippen LogP contribution in [0.15, 0.2) is 30.3 Å². The van der Waals surface area contributed by atoms with Crippen LogP contribution in [0, 0.1) is 11.8 Å². The van der Waals surface area contributed by atoms with Gasteiger partial charge in [0.25, 0.3) is 0 Å². The molecule has 0 radical (unpaired) electrons. The van der Waals surface area contributed by atoms with E-state index < -0.39 is 23.7 Å². The predicted molar refractivity (Wildman–Crippen MR) is 125 cm³/mol. The number of carbonyl (C=O) groups excluding carboxylic acids is 3. The highest BCUT2D eigenvalue weighted by Crippen LogP contribution is 2.31. The highest BCUT2D eigenvalue weighted by Gasteiger charge is 2.51. The molecule has 0 bridgehead atoms. The first-order chi connectivity index (χ1) is 14.9. The molecule has 32 heavy (non-hydrogen) atoms. The Hall–Kier alpha value is -2.25. The molecule has 3 N–H and O–H groups in total. The van der Waals surface area contributed by atoms with Crippen molar-refractivity contribution < 1.29 is 19.1 Å². The van der Waals surface area contributed by atoms with E-state index >= 15 is 0 Å². The van der Waals surface area contributed by atoms with E-state index in [1.54, 1.807) is 14.0 Å². The van der Waals surface area contributed by atoms with Crippen LogP contribution in [0.1, 0.15) is 53.0 Å². The number of amides is 2. The van der Waals surface area contributed by atoms with Crippen molar-refractivity contribution in [1.29, 1.82) is 0 Å². The lowest BCUT2D eigenvalue weighted by molar-refractivity contribution is -0.143. The third kappa shape index (κ3) is 7.14. The maximum Gasteiger partial charge on any atom is 0.245 e. The number of hydrogen-bond acceptors (Lipinski definition) is 5. The Morgan fingerprint density at radius 3 is 2.16 bits per heavy atom. The molecule has 1 aromatic rings. The van der Waals surface area contributed by atoms with Gasteiger partial charge in [-0.15, -0.1) is 0 Å². The zero-order valence-electron chi connectivity index (χ0n) is 20.3. The molecule has 1 saturated heterocycles. The number of carbonyl (C=O) groups is 3. The Kier molecular flexibility index (Phi) is 8.98. The molecule has 0 aliphatic carbocycles. The molecule has 0 spiro atoms. The third-order valence-corrected chi connectivity index (χ3v) is 5.87. The minimum Gasteiger partial charge on any atom is -0.361 e. The van der Waals surface area contributed by atoms with E-state index in [2.05, 4.69) is 5.32 Å². The van der Waals surface area contributed by atoms with Crippen LogP contribution in [0.3, 0.4) is 0 Å². The second-order valence-electron chi connectivity index (χ2n) is 9.97. The topological polar surface area (TPSA) is 105 Å². The van der Waals surface area contributed by atoms with Gasteiger partial charge < -0.3 is 20.7 Å². The van der Waals surface area contributed by atoms with E-state index in [1.807, 2.05) is 58.0 Å². The molecule has 1 aliphatic heterocycles. The zero-order chi connectivity index (χ0) is 24.1. The number of nitrogens with zero attached hydrogens (tertiary/aromatic N) is 1. The number of likely N-dealkylation sites (N-methyl/N-ethyl adjacent to an activating group) is 1. The maximum absolute atomic E-state index is 13.6. The van der Waals surface area contributed by atoms with Gasteiger partial charge in [0.15, 0.2) is 5.78 Å². The second kappa shape index (κ2) is 11.1. The molecule has 1 heterocycles. The normalized spacial score (nSPS) is 20.5. The number of benzene rings is 1. The number of nitrogens with two attached hydrogens (primary N) is 1. The summed E-state index contributed by atoms with van der Waals surface area (Å²) < 4.78 is 5.37. The number of ether oxygens (including phenoxy) is 1. The summed E-state index contributed by atoms with van der Waals surface area (Å²) in [5.74, 6) is -0.284. The first kappa shape index (κ1) is 26.0. The molecule has 0 unspecified atom stereocenters. The number of nitrogens with one attached hydrogen (secondary N) is 1. The van der Waals surface area contributed by atoms with Gasteiger partial charge in [0.2, 0.25) is 11.8 Å². The first-order valence-corrected chi connectivity index (χ1v) is 11.5. The van der Waals surface area contributed by atoms with E-state index in [9.17, 15) is 14.4 Å². The predicted octanol–water partition coefficient (Wildman–Crippen LogP) is 2.32. The molecule has 4 atom stereocenters. The summed E-state index contributed by atoms with van der Waals surface area (Å²) in [6, 6.07) is 7.38. The lowest BCUT2D eigenvalue weighted by Crippen LogP contribution is -2.57. The molecule has 2 rings (SSSR count). The molecule has 178 valence electrons. The van der Waals surface area contributed by atoms with Gasteiger partial charge in [0.1, 0.15) is 11.6 Å². The summed E-state index contributed by atoms with van der Waals surface area (Å²) >= 11 is 0. The smallest absolute Gasteiger partial charge is 0.245 e. The Bertz CT molecular complexity index is 790. The highest BCUT2D eigenvalue weighted by molar-refractivity contribution is 5.98. The number of epoxide rings is 1. The Balaban J connectivity index is 2.25. The van der Waals surface area contributed by atoms with E-state index in [0.717, 1.165) is 5.56 Å². The fourth-order valence-electron chi connectivity index (χ4n) is 3.83. The van der Waals surface area contributed by atoms with Crippen molar-refractivity contribution in [2.24, 2.45) is 17.6 Å². The van der Waals surface area contributed by atoms with Gasteiger partial charge in [0.05, 0.1) is 18.7 Å². The van der Waals surface area contributed by atoms with Crippen molar-refractivity contribution in [2.45, 2.75) is 77.6 Å². The van der Waals surface area contributed by atoms with Crippen LogP contribution in [-0.2, 0) is 25.5 Å². The van der Waals surface area contributed by atoms with Crippen molar-refractivity contribution in [2.75, 3.05) is 13.7 Å². The van der Waals surface area contributed by atoms with Gasteiger partial charge in [-0.3, -0.25) is 14.4 Å². The van der Waals surface area contributed by atoms with Crippen LogP contribution in [-0.4, -0.2) is 59.9 Å². The van der Waals surface area contributed by atoms with Crippen LogP contribution in [0.4, 0.5) is 0 Å². The van der Waals surface area contributed by atoms with Crippen molar-refractivity contribution in [3.8, 4) is 0 Å². The van der Waals surface area contributed by atoms with Gasteiger partial charge in [-0.1, -0.05) is 58.0 Å². The molecular weight excluding hydrogens is 406 g/mol. The molecule has 0 saturated carbocycles. The summed E-state index contributed by atoms with van der Waals surface area (Å²) in [6.07, 6.45) is 1.37. The van der Waals surface area contributed by atoms with Crippen molar-refractivity contribution in [3.05, 3.63) is 35.9 Å². The van der Waals surface area contributed by atoms with Crippen molar-refractivity contribution >= 4 is 17.6 Å². The molecule has 7 nitrogen and oxygen atoms in total. The summed E-state index contributed by atoms with van der Waals surface area (Å²) in [5.41, 5.74) is 6.16. The number of rotatable bonds is 12. The Morgan fingerprint density at radius 1 is 1.09 bits per heavy atom. The van der Waals surface area contributed by atoms with E-state index in [4.69, 9.17) is 10.5 Å². The Morgan fingerprint density at radius 2 is 1.66 bits per heavy atom. The highest BCUT2D eigenvalue weighted by atomic mass is 16.6. The molecule has 1 aromatic carbocycles. The molecule has 1 fully saturated rings. The van der Waals surface area contributed by atoms with Crippen molar-refractivity contribution in [1.82, 2.24) is 10.2 Å². The summed E-state index contributed by atoms with van der Waals surface area (Å²) in [5, 5.41) is 2.86. The van der Waals surface area contributed by atoms with Crippen molar-refractivity contribution in [3.63, 3.8) is 0 Å². The standard InChI is InChI=1S/C25H39N3O4/c1-16(2)12-19(26)23(30)27-20(14-18-10-8-7-9-11-18)24(31)28(6)21(13-17(3)4)22(29)25(5)15-32-25/h7-11,16-17,19-21H,12-15,26H2,1-6H3,(H,27,30)/t19-,20-,21-,25+/m0/s1. The number of ketones is 1.